The minimum atomic E-state index is -0.764. The summed E-state index contributed by atoms with van der Waals surface area (Å²) in [4.78, 5) is 8.79. The SMILES string of the molecule is NC1=N[C@@]2(c3cc(-c4cncc(Cl)c4)ccc3F)COCCC2CS1. The Balaban J connectivity index is 1.86. The van der Waals surface area contributed by atoms with Crippen molar-refractivity contribution in [2.24, 2.45) is 16.6 Å². The summed E-state index contributed by atoms with van der Waals surface area (Å²) in [6, 6.07) is 6.84. The number of fused-ring (bicyclic) bond motifs is 1. The largest absolute Gasteiger partial charge is 0.379 e. The summed E-state index contributed by atoms with van der Waals surface area (Å²) in [6.45, 7) is 1.01. The van der Waals surface area contributed by atoms with E-state index in [1.54, 1.807) is 18.5 Å². The standard InChI is InChI=1S/C18H17ClFN3OS/c19-14-5-12(7-22-8-14)11-1-2-16(20)15(6-11)18-10-24-4-3-13(18)9-25-17(21)23-18/h1-2,5-8,13H,3-4,9-10H2,(H2,21,23)/t13?,18-/m0/s1. The molecule has 25 heavy (non-hydrogen) atoms. The molecule has 130 valence electrons. The summed E-state index contributed by atoms with van der Waals surface area (Å²) in [5.74, 6) is 0.722. The third-order valence-corrected chi connectivity index (χ3v) is 5.98. The van der Waals surface area contributed by atoms with Crippen LogP contribution in [0.5, 0.6) is 0 Å². The third-order valence-electron chi connectivity index (χ3n) is 4.82. The molecule has 1 saturated heterocycles. The van der Waals surface area contributed by atoms with E-state index in [2.05, 4.69) is 9.98 Å². The van der Waals surface area contributed by atoms with E-state index in [4.69, 9.17) is 22.1 Å². The van der Waals surface area contributed by atoms with Crippen molar-refractivity contribution in [2.75, 3.05) is 19.0 Å². The van der Waals surface area contributed by atoms with Crippen LogP contribution < -0.4 is 5.73 Å². The number of hydrogen-bond acceptors (Lipinski definition) is 5. The van der Waals surface area contributed by atoms with Gasteiger partial charge in [0.1, 0.15) is 11.4 Å². The molecule has 1 aromatic carbocycles. The highest BCUT2D eigenvalue weighted by molar-refractivity contribution is 8.13. The molecule has 3 heterocycles. The van der Waals surface area contributed by atoms with Crippen LogP contribution in [-0.2, 0) is 10.3 Å². The van der Waals surface area contributed by atoms with Gasteiger partial charge in [-0.3, -0.25) is 4.98 Å². The van der Waals surface area contributed by atoms with Gasteiger partial charge < -0.3 is 10.5 Å². The lowest BCUT2D eigenvalue weighted by molar-refractivity contribution is 0.00303. The summed E-state index contributed by atoms with van der Waals surface area (Å²) in [5, 5.41) is 1.02. The number of nitrogens with zero attached hydrogens (tertiary/aromatic N) is 2. The molecular weight excluding hydrogens is 361 g/mol. The number of benzene rings is 1. The van der Waals surface area contributed by atoms with Gasteiger partial charge in [0.25, 0.3) is 0 Å². The van der Waals surface area contributed by atoms with Gasteiger partial charge in [0.2, 0.25) is 0 Å². The van der Waals surface area contributed by atoms with Crippen LogP contribution in [0.15, 0.2) is 41.7 Å². The highest BCUT2D eigenvalue weighted by Gasteiger charge is 2.47. The highest BCUT2D eigenvalue weighted by atomic mass is 35.5. The summed E-state index contributed by atoms with van der Waals surface area (Å²) >= 11 is 7.57. The van der Waals surface area contributed by atoms with E-state index < -0.39 is 5.54 Å². The Morgan fingerprint density at radius 1 is 1.28 bits per heavy atom. The Morgan fingerprint density at radius 2 is 2.16 bits per heavy atom. The van der Waals surface area contributed by atoms with Crippen molar-refractivity contribution < 1.29 is 9.13 Å². The van der Waals surface area contributed by atoms with Gasteiger partial charge in [-0.25, -0.2) is 9.38 Å². The first-order chi connectivity index (χ1) is 12.1. The maximum Gasteiger partial charge on any atom is 0.154 e. The van der Waals surface area contributed by atoms with Gasteiger partial charge in [-0.2, -0.15) is 0 Å². The van der Waals surface area contributed by atoms with E-state index in [1.165, 1.54) is 17.8 Å². The second-order valence-electron chi connectivity index (χ2n) is 6.31. The molecule has 0 radical (unpaired) electrons. The van der Waals surface area contributed by atoms with Crippen molar-refractivity contribution in [3.05, 3.63) is 53.1 Å². The molecule has 0 aliphatic carbocycles. The molecule has 2 atom stereocenters. The minimum absolute atomic E-state index is 0.195. The van der Waals surface area contributed by atoms with Gasteiger partial charge in [-0.1, -0.05) is 29.4 Å². The van der Waals surface area contributed by atoms with E-state index in [1.807, 2.05) is 12.1 Å². The van der Waals surface area contributed by atoms with Crippen LogP contribution >= 0.6 is 23.4 Å². The predicted octanol–water partition coefficient (Wildman–Crippen LogP) is 3.83. The van der Waals surface area contributed by atoms with Crippen molar-refractivity contribution in [1.82, 2.24) is 4.98 Å². The van der Waals surface area contributed by atoms with E-state index in [9.17, 15) is 4.39 Å². The van der Waals surface area contributed by atoms with E-state index in [0.717, 1.165) is 23.3 Å². The predicted molar refractivity (Wildman–Crippen MR) is 99.3 cm³/mol. The van der Waals surface area contributed by atoms with Gasteiger partial charge in [-0.15, -0.1) is 0 Å². The molecule has 1 aromatic heterocycles. The number of hydrogen-bond donors (Lipinski definition) is 1. The molecular formula is C18H17ClFN3OS. The van der Waals surface area contributed by atoms with Crippen LogP contribution in [0.4, 0.5) is 4.39 Å². The molecule has 2 N–H and O–H groups in total. The Morgan fingerprint density at radius 3 is 3.00 bits per heavy atom. The number of rotatable bonds is 2. The zero-order valence-electron chi connectivity index (χ0n) is 13.4. The Hall–Kier alpha value is -1.63. The van der Waals surface area contributed by atoms with Crippen LogP contribution in [0, 0.1) is 11.7 Å². The molecule has 0 spiro atoms. The number of amidine groups is 1. The average molecular weight is 378 g/mol. The van der Waals surface area contributed by atoms with Gasteiger partial charge in [0, 0.05) is 41.8 Å². The summed E-state index contributed by atoms with van der Waals surface area (Å²) < 4.78 is 20.5. The lowest BCUT2D eigenvalue weighted by Gasteiger charge is -2.43. The zero-order valence-corrected chi connectivity index (χ0v) is 15.0. The number of halogens is 2. The molecule has 4 rings (SSSR count). The fraction of sp³-hybridized carbons (Fsp3) is 0.333. The number of thioether (sulfide) groups is 1. The zero-order chi connectivity index (χ0) is 17.4. The van der Waals surface area contributed by atoms with E-state index in [-0.39, 0.29) is 11.7 Å². The topological polar surface area (TPSA) is 60.5 Å². The molecule has 1 unspecified atom stereocenters. The molecule has 1 fully saturated rings. The van der Waals surface area contributed by atoms with Gasteiger partial charge in [0.15, 0.2) is 5.17 Å². The van der Waals surface area contributed by atoms with E-state index >= 15 is 0 Å². The summed E-state index contributed by atoms with van der Waals surface area (Å²) in [7, 11) is 0. The Labute approximate surface area is 154 Å². The molecule has 0 amide bonds. The Bertz CT molecular complexity index is 847. The molecule has 2 aromatic rings. The second-order valence-corrected chi connectivity index (χ2v) is 7.79. The van der Waals surface area contributed by atoms with Crippen molar-refractivity contribution in [3.63, 3.8) is 0 Å². The van der Waals surface area contributed by atoms with Crippen LogP contribution in [0.1, 0.15) is 12.0 Å². The minimum Gasteiger partial charge on any atom is -0.379 e. The third kappa shape index (κ3) is 3.03. The van der Waals surface area contributed by atoms with Crippen molar-refractivity contribution in [2.45, 2.75) is 12.0 Å². The number of ether oxygens (including phenoxy) is 1. The molecule has 4 nitrogen and oxygen atoms in total. The van der Waals surface area contributed by atoms with Crippen LogP contribution in [0.25, 0.3) is 11.1 Å². The molecule has 0 bridgehead atoms. The van der Waals surface area contributed by atoms with Crippen molar-refractivity contribution in [3.8, 4) is 11.1 Å². The van der Waals surface area contributed by atoms with Crippen LogP contribution in [0.3, 0.4) is 0 Å². The van der Waals surface area contributed by atoms with Gasteiger partial charge in [0.05, 0.1) is 11.6 Å². The maximum absolute atomic E-state index is 14.8. The first-order valence-electron chi connectivity index (χ1n) is 8.05. The quantitative estimate of drug-likeness (QED) is 0.863. The molecule has 2 aliphatic rings. The average Bonchev–Trinajstić information content (AvgIpc) is 2.61. The number of nitrogens with two attached hydrogens (primary N) is 1. The monoisotopic (exact) mass is 377 g/mol. The fourth-order valence-electron chi connectivity index (χ4n) is 3.53. The normalized spacial score (nSPS) is 26.0. The summed E-state index contributed by atoms with van der Waals surface area (Å²) in [5.41, 5.74) is 7.43. The lowest BCUT2D eigenvalue weighted by Crippen LogP contribution is -2.48. The van der Waals surface area contributed by atoms with Crippen LogP contribution in [0.2, 0.25) is 5.02 Å². The smallest absolute Gasteiger partial charge is 0.154 e. The van der Waals surface area contributed by atoms with Gasteiger partial charge in [-0.05, 0) is 30.2 Å². The van der Waals surface area contributed by atoms with Gasteiger partial charge >= 0.3 is 0 Å². The fourth-order valence-corrected chi connectivity index (χ4v) is 4.75. The first-order valence-corrected chi connectivity index (χ1v) is 9.42. The van der Waals surface area contributed by atoms with E-state index in [0.29, 0.717) is 29.0 Å². The summed E-state index contributed by atoms with van der Waals surface area (Å²) in [6.07, 6.45) is 4.12. The molecule has 2 aliphatic heterocycles. The maximum atomic E-state index is 14.8. The molecule has 7 heteroatoms. The number of pyridine rings is 1. The number of aromatic nitrogens is 1. The number of aliphatic imine (C=N–C) groups is 1. The van der Waals surface area contributed by atoms with Crippen molar-refractivity contribution in [1.29, 1.82) is 0 Å². The molecule has 0 saturated carbocycles. The second kappa shape index (κ2) is 6.59. The Kier molecular flexibility index (Phi) is 4.43. The highest BCUT2D eigenvalue weighted by Crippen LogP contribution is 2.46. The lowest BCUT2D eigenvalue weighted by atomic mass is 9.76. The van der Waals surface area contributed by atoms with Crippen molar-refractivity contribution >= 4 is 28.5 Å². The first kappa shape index (κ1) is 16.8. The van der Waals surface area contributed by atoms with Crippen LogP contribution in [-0.4, -0.2) is 29.1 Å².